The zero-order valence-electron chi connectivity index (χ0n) is 15.4. The molecule has 5 nitrogen and oxygen atoms in total. The van der Waals surface area contributed by atoms with Crippen LogP contribution in [0.2, 0.25) is 0 Å². The number of carbonyl (C=O) groups excluding carboxylic acids is 1. The van der Waals surface area contributed by atoms with Crippen LogP contribution in [0.1, 0.15) is 27.0 Å². The topological polar surface area (TPSA) is 57.7 Å². The summed E-state index contributed by atoms with van der Waals surface area (Å²) in [5.74, 6) is -0.0407. The second-order valence-corrected chi connectivity index (χ2v) is 8.67. The van der Waals surface area contributed by atoms with Gasteiger partial charge in [0.1, 0.15) is 0 Å². The van der Waals surface area contributed by atoms with Crippen molar-refractivity contribution in [3.05, 3.63) is 64.7 Å². The van der Waals surface area contributed by atoms with E-state index in [9.17, 15) is 13.2 Å². The predicted molar refractivity (Wildman–Crippen MR) is 102 cm³/mol. The quantitative estimate of drug-likeness (QED) is 0.832. The first kappa shape index (κ1) is 18.6. The number of piperazine rings is 1. The largest absolute Gasteiger partial charge is 0.336 e. The number of sulfonamides is 1. The van der Waals surface area contributed by atoms with E-state index in [4.69, 9.17) is 0 Å². The van der Waals surface area contributed by atoms with E-state index in [1.54, 1.807) is 30.0 Å². The number of rotatable bonds is 3. The minimum Gasteiger partial charge on any atom is -0.336 e. The average Bonchev–Trinajstić information content (AvgIpc) is 2.63. The van der Waals surface area contributed by atoms with Gasteiger partial charge in [-0.3, -0.25) is 4.79 Å². The summed E-state index contributed by atoms with van der Waals surface area (Å²) in [6.07, 6.45) is 0. The lowest BCUT2D eigenvalue weighted by Crippen LogP contribution is -2.50. The second-order valence-electron chi connectivity index (χ2n) is 6.76. The van der Waals surface area contributed by atoms with Gasteiger partial charge in [-0.1, -0.05) is 24.3 Å². The van der Waals surface area contributed by atoms with Gasteiger partial charge in [0.25, 0.3) is 5.91 Å². The number of amides is 1. The minimum atomic E-state index is -3.52. The molecule has 0 aromatic heterocycles. The lowest BCUT2D eigenvalue weighted by Gasteiger charge is -2.34. The fourth-order valence-corrected chi connectivity index (χ4v) is 4.82. The summed E-state index contributed by atoms with van der Waals surface area (Å²) in [5.41, 5.74) is 3.62. The Kier molecular flexibility index (Phi) is 5.16. The fourth-order valence-electron chi connectivity index (χ4n) is 3.17. The molecule has 2 aromatic carbocycles. The van der Waals surface area contributed by atoms with Crippen LogP contribution >= 0.6 is 0 Å². The van der Waals surface area contributed by atoms with Crippen molar-refractivity contribution in [1.82, 2.24) is 9.21 Å². The number of aryl methyl sites for hydroxylation is 3. The highest BCUT2D eigenvalue weighted by atomic mass is 32.2. The van der Waals surface area contributed by atoms with Crippen LogP contribution < -0.4 is 0 Å². The highest BCUT2D eigenvalue weighted by Crippen LogP contribution is 2.21. The molecule has 1 amide bonds. The number of hydrogen-bond acceptors (Lipinski definition) is 3. The SMILES string of the molecule is Cc1ccc(C(=O)N2CCN(S(=O)(=O)c3ccccc3C)CC2)cc1C. The monoisotopic (exact) mass is 372 g/mol. The standard InChI is InChI=1S/C20H24N2O3S/c1-15-8-9-18(14-17(15)3)20(23)21-10-12-22(13-11-21)26(24,25)19-7-5-4-6-16(19)2/h4-9,14H,10-13H2,1-3H3. The van der Waals surface area contributed by atoms with E-state index in [0.717, 1.165) is 16.7 Å². The molecule has 0 N–H and O–H groups in total. The Hall–Kier alpha value is -2.18. The van der Waals surface area contributed by atoms with Gasteiger partial charge >= 0.3 is 0 Å². The molecule has 1 saturated heterocycles. The lowest BCUT2D eigenvalue weighted by atomic mass is 10.1. The summed E-state index contributed by atoms with van der Waals surface area (Å²) in [5, 5.41) is 0. The van der Waals surface area contributed by atoms with E-state index in [1.165, 1.54) is 4.31 Å². The average molecular weight is 372 g/mol. The summed E-state index contributed by atoms with van der Waals surface area (Å²) < 4.78 is 27.2. The van der Waals surface area contributed by atoms with Gasteiger partial charge in [-0.05, 0) is 55.7 Å². The Labute approximate surface area is 155 Å². The maximum atomic E-state index is 12.9. The van der Waals surface area contributed by atoms with Crippen molar-refractivity contribution in [1.29, 1.82) is 0 Å². The first-order chi connectivity index (χ1) is 12.3. The van der Waals surface area contributed by atoms with Crippen molar-refractivity contribution in [2.24, 2.45) is 0 Å². The third kappa shape index (κ3) is 3.52. The lowest BCUT2D eigenvalue weighted by molar-refractivity contribution is 0.0698. The Morgan fingerprint density at radius 1 is 0.846 bits per heavy atom. The Balaban J connectivity index is 1.72. The molecule has 0 radical (unpaired) electrons. The Morgan fingerprint density at radius 2 is 1.50 bits per heavy atom. The van der Waals surface area contributed by atoms with Crippen molar-refractivity contribution in [3.8, 4) is 0 Å². The molecule has 2 aromatic rings. The van der Waals surface area contributed by atoms with Gasteiger partial charge in [0, 0.05) is 31.7 Å². The van der Waals surface area contributed by atoms with Crippen molar-refractivity contribution >= 4 is 15.9 Å². The summed E-state index contributed by atoms with van der Waals surface area (Å²) in [6.45, 7) is 7.22. The van der Waals surface area contributed by atoms with Gasteiger partial charge in [0.15, 0.2) is 0 Å². The third-order valence-electron chi connectivity index (χ3n) is 4.99. The fraction of sp³-hybridized carbons (Fsp3) is 0.350. The molecular formula is C20H24N2O3S. The van der Waals surface area contributed by atoms with Crippen LogP contribution in [0.25, 0.3) is 0 Å². The highest BCUT2D eigenvalue weighted by Gasteiger charge is 2.31. The predicted octanol–water partition coefficient (Wildman–Crippen LogP) is 2.76. The molecule has 26 heavy (non-hydrogen) atoms. The second kappa shape index (κ2) is 7.21. The molecule has 0 aliphatic carbocycles. The molecule has 0 unspecified atom stereocenters. The molecule has 6 heteroatoms. The van der Waals surface area contributed by atoms with E-state index in [2.05, 4.69) is 0 Å². The van der Waals surface area contributed by atoms with Crippen LogP contribution in [0.15, 0.2) is 47.4 Å². The normalized spacial score (nSPS) is 15.9. The molecule has 0 bridgehead atoms. The van der Waals surface area contributed by atoms with E-state index in [0.29, 0.717) is 36.6 Å². The molecule has 0 atom stereocenters. The van der Waals surface area contributed by atoms with Gasteiger partial charge in [0.05, 0.1) is 4.90 Å². The zero-order chi connectivity index (χ0) is 18.9. The smallest absolute Gasteiger partial charge is 0.253 e. The number of nitrogens with zero attached hydrogens (tertiary/aromatic N) is 2. The van der Waals surface area contributed by atoms with Crippen LogP contribution in [0.5, 0.6) is 0 Å². The van der Waals surface area contributed by atoms with E-state index >= 15 is 0 Å². The van der Waals surface area contributed by atoms with E-state index in [-0.39, 0.29) is 5.91 Å². The number of carbonyl (C=O) groups is 1. The van der Waals surface area contributed by atoms with Crippen molar-refractivity contribution in [2.75, 3.05) is 26.2 Å². The summed E-state index contributed by atoms with van der Waals surface area (Å²) >= 11 is 0. The Bertz CT molecular complexity index is 930. The first-order valence-electron chi connectivity index (χ1n) is 8.73. The molecule has 1 aliphatic rings. The van der Waals surface area contributed by atoms with Gasteiger partial charge in [0.2, 0.25) is 10.0 Å². The molecule has 0 saturated carbocycles. The maximum Gasteiger partial charge on any atom is 0.253 e. The number of benzene rings is 2. The van der Waals surface area contributed by atoms with Crippen molar-refractivity contribution in [3.63, 3.8) is 0 Å². The van der Waals surface area contributed by atoms with Crippen LogP contribution in [-0.2, 0) is 10.0 Å². The third-order valence-corrected chi connectivity index (χ3v) is 7.05. The van der Waals surface area contributed by atoms with Gasteiger partial charge in [-0.15, -0.1) is 0 Å². The molecule has 1 fully saturated rings. The van der Waals surface area contributed by atoms with Crippen molar-refractivity contribution in [2.45, 2.75) is 25.7 Å². The van der Waals surface area contributed by atoms with Gasteiger partial charge < -0.3 is 4.90 Å². The molecular weight excluding hydrogens is 348 g/mol. The summed E-state index contributed by atoms with van der Waals surface area (Å²) in [4.78, 5) is 14.8. The number of hydrogen-bond donors (Lipinski definition) is 0. The van der Waals surface area contributed by atoms with Gasteiger partial charge in [-0.25, -0.2) is 8.42 Å². The zero-order valence-corrected chi connectivity index (χ0v) is 16.2. The summed E-state index contributed by atoms with van der Waals surface area (Å²) in [7, 11) is -3.52. The first-order valence-corrected chi connectivity index (χ1v) is 10.2. The van der Waals surface area contributed by atoms with E-state index < -0.39 is 10.0 Å². The highest BCUT2D eigenvalue weighted by molar-refractivity contribution is 7.89. The molecule has 1 aliphatic heterocycles. The molecule has 0 spiro atoms. The molecule has 1 heterocycles. The molecule has 3 rings (SSSR count). The van der Waals surface area contributed by atoms with E-state index in [1.807, 2.05) is 38.1 Å². The van der Waals surface area contributed by atoms with Crippen LogP contribution in [0, 0.1) is 20.8 Å². The summed E-state index contributed by atoms with van der Waals surface area (Å²) in [6, 6.07) is 12.7. The minimum absolute atomic E-state index is 0.0407. The Morgan fingerprint density at radius 3 is 2.12 bits per heavy atom. The molecule has 138 valence electrons. The van der Waals surface area contributed by atoms with Crippen LogP contribution in [0.3, 0.4) is 0 Å². The van der Waals surface area contributed by atoms with Crippen LogP contribution in [0.4, 0.5) is 0 Å². The van der Waals surface area contributed by atoms with Gasteiger partial charge in [-0.2, -0.15) is 4.31 Å². The maximum absolute atomic E-state index is 12.9. The van der Waals surface area contributed by atoms with Crippen LogP contribution in [-0.4, -0.2) is 49.7 Å². The van der Waals surface area contributed by atoms with Crippen molar-refractivity contribution < 1.29 is 13.2 Å².